The zero-order valence-corrected chi connectivity index (χ0v) is 11.0. The lowest BCUT2D eigenvalue weighted by atomic mass is 10.2. The summed E-state index contributed by atoms with van der Waals surface area (Å²) in [5, 5.41) is 11.0. The van der Waals surface area contributed by atoms with Gasteiger partial charge in [0.15, 0.2) is 0 Å². The monoisotopic (exact) mass is 297 g/mol. The van der Waals surface area contributed by atoms with Gasteiger partial charge in [0.2, 0.25) is 11.9 Å². The van der Waals surface area contributed by atoms with E-state index in [9.17, 15) is 0 Å². The predicted octanol–water partition coefficient (Wildman–Crippen LogP) is 1.68. The number of nitrogens with zero attached hydrogens (tertiary/aromatic N) is 4. The second-order valence-corrected chi connectivity index (χ2v) is 4.13. The highest BCUT2D eigenvalue weighted by molar-refractivity contribution is 6.38. The molecule has 0 saturated carbocycles. The topological polar surface area (TPSA) is 104 Å². The fourth-order valence-electron chi connectivity index (χ4n) is 1.19. The lowest BCUT2D eigenvalue weighted by molar-refractivity contribution is 1.00. The highest BCUT2D eigenvalue weighted by atomic mass is 35.5. The molecule has 0 unspecified atom stereocenters. The van der Waals surface area contributed by atoms with Crippen LogP contribution in [0.25, 0.3) is 0 Å². The van der Waals surface area contributed by atoms with Crippen LogP contribution in [0.2, 0.25) is 10.0 Å². The zero-order chi connectivity index (χ0) is 13.7. The number of benzene rings is 1. The molecule has 1 aromatic heterocycles. The maximum atomic E-state index is 5.97. The van der Waals surface area contributed by atoms with Crippen molar-refractivity contribution in [1.82, 2.24) is 20.6 Å². The van der Waals surface area contributed by atoms with E-state index in [2.05, 4.69) is 30.7 Å². The first kappa shape index (κ1) is 13.3. The summed E-state index contributed by atoms with van der Waals surface area (Å²) in [7, 11) is 0. The molecule has 0 aliphatic carbocycles. The average Bonchev–Trinajstić information content (AvgIpc) is 2.85. The second-order valence-electron chi connectivity index (χ2n) is 3.31. The molecule has 0 aliphatic rings. The molecular formula is C10H9Cl2N7. The standard InChI is InChI=1S/C10H9Cl2N7/c11-7-2-1-3-8(12)6(7)4-15-18-9(13)17-10-14-5-16-19-10/h1-5H,(H4,13,14,16,17,18,19). The van der Waals surface area contributed by atoms with Crippen molar-refractivity contribution in [1.29, 1.82) is 0 Å². The molecule has 2 aromatic rings. The molecule has 0 amide bonds. The van der Waals surface area contributed by atoms with Gasteiger partial charge in [0, 0.05) is 5.56 Å². The summed E-state index contributed by atoms with van der Waals surface area (Å²) in [6, 6.07) is 5.16. The van der Waals surface area contributed by atoms with Crippen LogP contribution in [0.15, 0.2) is 34.6 Å². The molecule has 4 N–H and O–H groups in total. The summed E-state index contributed by atoms with van der Waals surface area (Å²) in [5.41, 5.74) is 8.68. The van der Waals surface area contributed by atoms with E-state index in [0.717, 1.165) is 0 Å². The highest BCUT2D eigenvalue weighted by Crippen LogP contribution is 2.21. The van der Waals surface area contributed by atoms with Crippen molar-refractivity contribution in [3.8, 4) is 0 Å². The molecule has 1 aromatic carbocycles. The number of aliphatic imine (C=N–C) groups is 1. The normalized spacial score (nSPS) is 12.0. The SMILES string of the molecule is NC(=Nc1ncn[nH]1)NN=Cc1c(Cl)cccc1Cl. The van der Waals surface area contributed by atoms with Gasteiger partial charge in [-0.05, 0) is 12.1 Å². The maximum Gasteiger partial charge on any atom is 0.248 e. The minimum absolute atomic E-state index is 0.0520. The molecule has 0 saturated heterocycles. The average molecular weight is 298 g/mol. The number of rotatable bonds is 3. The number of guanidine groups is 1. The third-order valence-corrected chi connectivity index (χ3v) is 2.66. The summed E-state index contributed by atoms with van der Waals surface area (Å²) in [4.78, 5) is 7.65. The minimum Gasteiger partial charge on any atom is -0.368 e. The number of aromatic nitrogens is 3. The molecule has 98 valence electrons. The first-order chi connectivity index (χ1) is 9.16. The smallest absolute Gasteiger partial charge is 0.248 e. The van der Waals surface area contributed by atoms with Gasteiger partial charge in [-0.25, -0.2) is 10.5 Å². The Kier molecular flexibility index (Phi) is 4.32. The third kappa shape index (κ3) is 3.67. The van der Waals surface area contributed by atoms with E-state index < -0.39 is 0 Å². The molecule has 0 atom stereocenters. The van der Waals surface area contributed by atoms with Gasteiger partial charge in [-0.1, -0.05) is 29.3 Å². The molecule has 2 rings (SSSR count). The molecule has 0 spiro atoms. The van der Waals surface area contributed by atoms with Crippen LogP contribution in [0.1, 0.15) is 5.56 Å². The maximum absolute atomic E-state index is 5.97. The molecule has 19 heavy (non-hydrogen) atoms. The lowest BCUT2D eigenvalue weighted by Crippen LogP contribution is -2.27. The first-order valence-corrected chi connectivity index (χ1v) is 5.85. The number of hydrogen-bond acceptors (Lipinski definition) is 4. The van der Waals surface area contributed by atoms with Crippen LogP contribution < -0.4 is 11.2 Å². The molecule has 7 nitrogen and oxygen atoms in total. The van der Waals surface area contributed by atoms with Crippen molar-refractivity contribution in [2.45, 2.75) is 0 Å². The predicted molar refractivity (Wildman–Crippen MR) is 74.9 cm³/mol. The summed E-state index contributed by atoms with van der Waals surface area (Å²) in [6.07, 6.45) is 2.77. The lowest BCUT2D eigenvalue weighted by Gasteiger charge is -2.01. The molecule has 0 aliphatic heterocycles. The van der Waals surface area contributed by atoms with Gasteiger partial charge in [0.05, 0.1) is 16.3 Å². The Morgan fingerprint density at radius 3 is 2.74 bits per heavy atom. The van der Waals surface area contributed by atoms with Gasteiger partial charge in [-0.3, -0.25) is 0 Å². The largest absolute Gasteiger partial charge is 0.368 e. The summed E-state index contributed by atoms with van der Waals surface area (Å²) in [6.45, 7) is 0. The Morgan fingerprint density at radius 2 is 2.11 bits per heavy atom. The van der Waals surface area contributed by atoms with Crippen molar-refractivity contribution in [3.05, 3.63) is 40.1 Å². The summed E-state index contributed by atoms with van der Waals surface area (Å²) < 4.78 is 0. The second kappa shape index (κ2) is 6.17. The Balaban J connectivity index is 2.04. The quantitative estimate of drug-likeness (QED) is 0.455. The van der Waals surface area contributed by atoms with Gasteiger partial charge in [-0.2, -0.15) is 20.2 Å². The fraction of sp³-hybridized carbons (Fsp3) is 0. The number of H-pyrrole nitrogens is 1. The van der Waals surface area contributed by atoms with Crippen LogP contribution in [0.5, 0.6) is 0 Å². The van der Waals surface area contributed by atoms with Crippen LogP contribution >= 0.6 is 23.2 Å². The highest BCUT2D eigenvalue weighted by Gasteiger charge is 2.01. The van der Waals surface area contributed by atoms with Gasteiger partial charge >= 0.3 is 0 Å². The molecular weight excluding hydrogens is 289 g/mol. The van der Waals surface area contributed by atoms with E-state index in [1.165, 1.54) is 12.5 Å². The first-order valence-electron chi connectivity index (χ1n) is 5.09. The van der Waals surface area contributed by atoms with Crippen LogP contribution in [-0.2, 0) is 0 Å². The van der Waals surface area contributed by atoms with Gasteiger partial charge in [0.25, 0.3) is 0 Å². The van der Waals surface area contributed by atoms with Crippen LogP contribution in [0.3, 0.4) is 0 Å². The Bertz CT molecular complexity index is 586. The minimum atomic E-state index is 0.0520. The van der Waals surface area contributed by atoms with Crippen LogP contribution in [0.4, 0.5) is 5.95 Å². The third-order valence-electron chi connectivity index (χ3n) is 2.00. The van der Waals surface area contributed by atoms with Crippen molar-refractivity contribution in [2.24, 2.45) is 15.8 Å². The number of nitrogens with one attached hydrogen (secondary N) is 2. The fourth-order valence-corrected chi connectivity index (χ4v) is 1.68. The van der Waals surface area contributed by atoms with E-state index in [1.807, 2.05) is 0 Å². The van der Waals surface area contributed by atoms with Gasteiger partial charge in [-0.15, -0.1) is 0 Å². The number of nitrogens with two attached hydrogens (primary N) is 1. The molecule has 1 heterocycles. The number of hydrogen-bond donors (Lipinski definition) is 3. The van der Waals surface area contributed by atoms with Crippen LogP contribution in [-0.4, -0.2) is 27.4 Å². The van der Waals surface area contributed by atoms with Gasteiger partial charge in [0.1, 0.15) is 6.33 Å². The summed E-state index contributed by atoms with van der Waals surface area (Å²) >= 11 is 11.9. The Hall–Kier alpha value is -2.12. The molecule has 0 fully saturated rings. The van der Waals surface area contributed by atoms with Crippen LogP contribution in [0, 0.1) is 0 Å². The van der Waals surface area contributed by atoms with E-state index in [1.54, 1.807) is 18.2 Å². The van der Waals surface area contributed by atoms with E-state index in [0.29, 0.717) is 15.6 Å². The molecule has 0 radical (unpaired) electrons. The van der Waals surface area contributed by atoms with Crippen molar-refractivity contribution in [2.75, 3.05) is 0 Å². The molecule has 0 bridgehead atoms. The molecule has 9 heteroatoms. The Labute approximate surface area is 118 Å². The van der Waals surface area contributed by atoms with Crippen molar-refractivity contribution in [3.63, 3.8) is 0 Å². The number of hydrazone groups is 1. The number of aromatic amines is 1. The Morgan fingerprint density at radius 1 is 1.37 bits per heavy atom. The van der Waals surface area contributed by atoms with Crippen molar-refractivity contribution >= 4 is 41.3 Å². The van der Waals surface area contributed by atoms with Gasteiger partial charge < -0.3 is 5.73 Å². The van der Waals surface area contributed by atoms with E-state index in [4.69, 9.17) is 28.9 Å². The van der Waals surface area contributed by atoms with Crippen molar-refractivity contribution < 1.29 is 0 Å². The number of halogens is 2. The summed E-state index contributed by atoms with van der Waals surface area (Å²) in [5.74, 6) is 0.326. The van der Waals surface area contributed by atoms with E-state index in [-0.39, 0.29) is 11.9 Å². The zero-order valence-electron chi connectivity index (χ0n) is 9.51. The van der Waals surface area contributed by atoms with E-state index >= 15 is 0 Å².